The van der Waals surface area contributed by atoms with Crippen molar-refractivity contribution in [2.24, 2.45) is 0 Å². The van der Waals surface area contributed by atoms with Crippen molar-refractivity contribution in [1.29, 1.82) is 0 Å². The van der Waals surface area contributed by atoms with Gasteiger partial charge in [0.1, 0.15) is 0 Å². The Kier molecular flexibility index (Phi) is 5.18. The van der Waals surface area contributed by atoms with E-state index in [0.29, 0.717) is 12.2 Å². The van der Waals surface area contributed by atoms with Gasteiger partial charge in [0, 0.05) is 31.2 Å². The van der Waals surface area contributed by atoms with E-state index in [0.717, 1.165) is 25.2 Å². The van der Waals surface area contributed by atoms with Crippen LogP contribution in [0, 0.1) is 0 Å². The molecule has 1 aromatic carbocycles. The molecule has 0 saturated carbocycles. The monoisotopic (exact) mass is 274 g/mol. The van der Waals surface area contributed by atoms with Crippen LogP contribution in [0.4, 0.5) is 0 Å². The smallest absolute Gasteiger partial charge is 0.335 e. The third-order valence-electron chi connectivity index (χ3n) is 3.50. The van der Waals surface area contributed by atoms with Crippen LogP contribution in [-0.2, 0) is 9.53 Å². The molecule has 4 heteroatoms. The molecule has 1 aliphatic rings. The van der Waals surface area contributed by atoms with Gasteiger partial charge in [-0.3, -0.25) is 0 Å². The maximum atomic E-state index is 11.9. The lowest BCUT2D eigenvalue weighted by atomic mass is 10.0. The minimum absolute atomic E-state index is 0.227. The van der Waals surface area contributed by atoms with E-state index in [2.05, 4.69) is 22.8 Å². The highest BCUT2D eigenvalue weighted by molar-refractivity contribution is 5.88. The van der Waals surface area contributed by atoms with Crippen molar-refractivity contribution < 1.29 is 9.53 Å². The van der Waals surface area contributed by atoms with Crippen molar-refractivity contribution >= 4 is 5.97 Å². The van der Waals surface area contributed by atoms with Crippen LogP contribution in [0.3, 0.4) is 0 Å². The number of carbonyl (C=O) groups is 1. The number of rotatable bonds is 3. The Labute approximate surface area is 120 Å². The van der Waals surface area contributed by atoms with Crippen LogP contribution in [0.1, 0.15) is 31.9 Å². The summed E-state index contributed by atoms with van der Waals surface area (Å²) in [6.07, 6.45) is 0.772. The summed E-state index contributed by atoms with van der Waals surface area (Å²) in [7, 11) is 0. The molecule has 108 valence electrons. The molecule has 1 fully saturated rings. The second-order valence-electron chi connectivity index (χ2n) is 4.87. The second kappa shape index (κ2) is 7.10. The fourth-order valence-corrected chi connectivity index (χ4v) is 2.38. The number of ether oxygens (including phenoxy) is 1. The molecule has 0 aromatic heterocycles. The predicted molar refractivity (Wildman–Crippen MR) is 79.1 cm³/mol. The van der Waals surface area contributed by atoms with E-state index in [-0.39, 0.29) is 12.0 Å². The van der Waals surface area contributed by atoms with Gasteiger partial charge in [0.25, 0.3) is 0 Å². The molecule has 20 heavy (non-hydrogen) atoms. The maximum Gasteiger partial charge on any atom is 0.335 e. The molecule has 1 saturated heterocycles. The van der Waals surface area contributed by atoms with Crippen LogP contribution in [0.2, 0.25) is 0 Å². The Morgan fingerprint density at radius 1 is 1.30 bits per heavy atom. The minimum atomic E-state index is -0.233. The standard InChI is InChI=1S/C16H22N2O2/c1-3-20-16(19)12(2)14-11-15(18-10-9-17-14)13-7-5-4-6-8-13/h4-8,15,17-18H,3,9-11H2,1-2H3/b14-12-. The lowest BCUT2D eigenvalue weighted by molar-refractivity contribution is -0.138. The van der Waals surface area contributed by atoms with E-state index in [1.54, 1.807) is 0 Å². The van der Waals surface area contributed by atoms with E-state index in [4.69, 9.17) is 4.74 Å². The molecule has 2 N–H and O–H groups in total. The Balaban J connectivity index is 2.19. The predicted octanol–water partition coefficient (Wildman–Crippen LogP) is 2.15. The summed E-state index contributed by atoms with van der Waals surface area (Å²) in [5, 5.41) is 6.84. The van der Waals surface area contributed by atoms with Crippen molar-refractivity contribution in [2.75, 3.05) is 19.7 Å². The van der Waals surface area contributed by atoms with Crippen molar-refractivity contribution in [3.8, 4) is 0 Å². The molecular weight excluding hydrogens is 252 g/mol. The lowest BCUT2D eigenvalue weighted by Crippen LogP contribution is -2.23. The van der Waals surface area contributed by atoms with Gasteiger partial charge in [-0.05, 0) is 19.4 Å². The van der Waals surface area contributed by atoms with Gasteiger partial charge in [-0.1, -0.05) is 30.3 Å². The normalized spacial score (nSPS) is 21.6. The zero-order valence-electron chi connectivity index (χ0n) is 12.1. The molecule has 0 radical (unpaired) electrons. The van der Waals surface area contributed by atoms with Gasteiger partial charge >= 0.3 is 5.97 Å². The van der Waals surface area contributed by atoms with Crippen LogP contribution < -0.4 is 10.6 Å². The van der Waals surface area contributed by atoms with Gasteiger partial charge in [-0.15, -0.1) is 0 Å². The summed E-state index contributed by atoms with van der Waals surface area (Å²) in [4.78, 5) is 11.9. The molecule has 2 rings (SSSR count). The fourth-order valence-electron chi connectivity index (χ4n) is 2.38. The molecular formula is C16H22N2O2. The summed E-state index contributed by atoms with van der Waals surface area (Å²) in [5.41, 5.74) is 2.89. The molecule has 0 spiro atoms. The van der Waals surface area contributed by atoms with Crippen molar-refractivity contribution in [2.45, 2.75) is 26.3 Å². The average molecular weight is 274 g/mol. The van der Waals surface area contributed by atoms with Gasteiger partial charge in [0.2, 0.25) is 0 Å². The summed E-state index contributed by atoms with van der Waals surface area (Å²) < 4.78 is 5.08. The van der Waals surface area contributed by atoms with Crippen LogP contribution in [0.5, 0.6) is 0 Å². The van der Waals surface area contributed by atoms with Crippen molar-refractivity contribution in [1.82, 2.24) is 10.6 Å². The average Bonchev–Trinajstić information content (AvgIpc) is 2.73. The van der Waals surface area contributed by atoms with Crippen LogP contribution >= 0.6 is 0 Å². The first kappa shape index (κ1) is 14.6. The molecule has 4 nitrogen and oxygen atoms in total. The molecule has 1 aliphatic heterocycles. The third kappa shape index (κ3) is 3.61. The second-order valence-corrected chi connectivity index (χ2v) is 4.87. The molecule has 1 heterocycles. The summed E-state index contributed by atoms with van der Waals surface area (Å²) in [6, 6.07) is 10.5. The third-order valence-corrected chi connectivity index (χ3v) is 3.50. The van der Waals surface area contributed by atoms with Gasteiger partial charge in [-0.25, -0.2) is 4.79 Å². The quantitative estimate of drug-likeness (QED) is 0.655. The SMILES string of the molecule is CCOC(=O)/C(C)=C1/CC(c2ccccc2)NCCN1. The Morgan fingerprint density at radius 2 is 2.05 bits per heavy atom. The minimum Gasteiger partial charge on any atom is -0.463 e. The van der Waals surface area contributed by atoms with Gasteiger partial charge in [0.15, 0.2) is 0 Å². The van der Waals surface area contributed by atoms with Gasteiger partial charge < -0.3 is 15.4 Å². The van der Waals surface area contributed by atoms with E-state index in [1.807, 2.05) is 32.0 Å². The Morgan fingerprint density at radius 3 is 2.75 bits per heavy atom. The Hall–Kier alpha value is -1.81. The number of hydrogen-bond donors (Lipinski definition) is 2. The van der Waals surface area contributed by atoms with Crippen LogP contribution in [0.25, 0.3) is 0 Å². The molecule has 1 unspecified atom stereocenters. The number of esters is 1. The molecule has 0 amide bonds. The summed E-state index contributed by atoms with van der Waals surface area (Å²) in [5.74, 6) is -0.233. The van der Waals surface area contributed by atoms with Gasteiger partial charge in [-0.2, -0.15) is 0 Å². The number of nitrogens with one attached hydrogen (secondary N) is 2. The summed E-state index contributed by atoms with van der Waals surface area (Å²) in [6.45, 7) is 5.75. The van der Waals surface area contributed by atoms with Gasteiger partial charge in [0.05, 0.1) is 12.2 Å². The first-order chi connectivity index (χ1) is 9.72. The first-order valence-electron chi connectivity index (χ1n) is 7.11. The summed E-state index contributed by atoms with van der Waals surface area (Å²) >= 11 is 0. The molecule has 0 aliphatic carbocycles. The molecule has 1 atom stereocenters. The molecule has 1 aromatic rings. The number of carbonyl (C=O) groups excluding carboxylic acids is 1. The lowest BCUT2D eigenvalue weighted by Gasteiger charge is -2.17. The zero-order chi connectivity index (χ0) is 14.4. The van der Waals surface area contributed by atoms with E-state index < -0.39 is 0 Å². The zero-order valence-corrected chi connectivity index (χ0v) is 12.1. The van der Waals surface area contributed by atoms with Crippen LogP contribution in [-0.4, -0.2) is 25.7 Å². The van der Waals surface area contributed by atoms with Crippen molar-refractivity contribution in [3.63, 3.8) is 0 Å². The van der Waals surface area contributed by atoms with E-state index in [9.17, 15) is 4.79 Å². The van der Waals surface area contributed by atoms with Crippen molar-refractivity contribution in [3.05, 3.63) is 47.2 Å². The first-order valence-corrected chi connectivity index (χ1v) is 7.11. The maximum absolute atomic E-state index is 11.9. The topological polar surface area (TPSA) is 50.4 Å². The highest BCUT2D eigenvalue weighted by Crippen LogP contribution is 2.23. The number of benzene rings is 1. The highest BCUT2D eigenvalue weighted by Gasteiger charge is 2.20. The van der Waals surface area contributed by atoms with Crippen LogP contribution in [0.15, 0.2) is 41.6 Å². The van der Waals surface area contributed by atoms with E-state index >= 15 is 0 Å². The number of hydrogen-bond acceptors (Lipinski definition) is 4. The fraction of sp³-hybridized carbons (Fsp3) is 0.438. The Bertz CT molecular complexity index is 483. The largest absolute Gasteiger partial charge is 0.463 e. The van der Waals surface area contributed by atoms with E-state index in [1.165, 1.54) is 5.56 Å². The molecule has 0 bridgehead atoms. The highest BCUT2D eigenvalue weighted by atomic mass is 16.5.